The van der Waals surface area contributed by atoms with Crippen LogP contribution in [0.3, 0.4) is 0 Å². The van der Waals surface area contributed by atoms with E-state index in [1.807, 2.05) is 30.3 Å². The molecule has 6 heteroatoms. The van der Waals surface area contributed by atoms with Gasteiger partial charge >= 0.3 is 0 Å². The van der Waals surface area contributed by atoms with Crippen molar-refractivity contribution in [1.82, 2.24) is 5.06 Å². The second-order valence-corrected chi connectivity index (χ2v) is 6.42. The maximum atomic E-state index is 14.0. The van der Waals surface area contributed by atoms with Crippen LogP contribution in [-0.4, -0.2) is 5.06 Å². The summed E-state index contributed by atoms with van der Waals surface area (Å²) in [5.41, 5.74) is 7.22. The van der Waals surface area contributed by atoms with Gasteiger partial charge in [0.25, 0.3) is 0 Å². The topological polar surface area (TPSA) is 51.6 Å². The predicted octanol–water partition coefficient (Wildman–Crippen LogP) is 5.03. The molecule has 0 aliphatic carbocycles. The van der Waals surface area contributed by atoms with Crippen LogP contribution in [0.2, 0.25) is 5.02 Å². The molecule has 1 atom stereocenters. The highest BCUT2D eigenvalue weighted by Gasteiger charge is 2.30. The van der Waals surface area contributed by atoms with Gasteiger partial charge in [0.1, 0.15) is 23.4 Å². The van der Waals surface area contributed by atoms with Gasteiger partial charge in [0.2, 0.25) is 5.88 Å². The molecule has 1 unspecified atom stereocenters. The molecule has 4 rings (SSSR count). The lowest BCUT2D eigenvalue weighted by Crippen LogP contribution is -2.23. The Morgan fingerprint density at radius 1 is 1.08 bits per heavy atom. The fourth-order valence-corrected chi connectivity index (χ4v) is 3.11. The summed E-state index contributed by atoms with van der Waals surface area (Å²) in [6.45, 7) is 0.238. The van der Waals surface area contributed by atoms with Crippen LogP contribution in [0, 0.1) is 5.82 Å². The van der Waals surface area contributed by atoms with Gasteiger partial charge in [0.05, 0.1) is 6.54 Å². The molecule has 3 aromatic rings. The first-order valence-corrected chi connectivity index (χ1v) is 8.49. The van der Waals surface area contributed by atoms with E-state index in [1.165, 1.54) is 6.07 Å². The van der Waals surface area contributed by atoms with Crippen molar-refractivity contribution < 1.29 is 13.6 Å². The van der Waals surface area contributed by atoms with Gasteiger partial charge in [-0.1, -0.05) is 41.9 Å². The molecule has 0 amide bonds. The summed E-state index contributed by atoms with van der Waals surface area (Å²) in [5, 5.41) is 2.23. The molecular formula is C20H16ClFN2O2. The lowest BCUT2D eigenvalue weighted by atomic mass is 10.1. The third kappa shape index (κ3) is 3.31. The minimum absolute atomic E-state index is 0.238. The maximum Gasteiger partial charge on any atom is 0.207 e. The quantitative estimate of drug-likeness (QED) is 0.700. The van der Waals surface area contributed by atoms with Crippen LogP contribution < -0.4 is 5.73 Å². The number of nitrogens with two attached hydrogens (primary N) is 1. The van der Waals surface area contributed by atoms with Crippen molar-refractivity contribution in [2.75, 3.05) is 0 Å². The summed E-state index contributed by atoms with van der Waals surface area (Å²) < 4.78 is 19.9. The van der Waals surface area contributed by atoms with Crippen molar-refractivity contribution in [1.29, 1.82) is 0 Å². The first-order chi connectivity index (χ1) is 12.6. The summed E-state index contributed by atoms with van der Waals surface area (Å²) in [6.07, 6.45) is 1.74. The van der Waals surface area contributed by atoms with Crippen molar-refractivity contribution in [3.8, 4) is 11.3 Å². The molecule has 26 heavy (non-hydrogen) atoms. The lowest BCUT2D eigenvalue weighted by Gasteiger charge is -2.21. The molecule has 1 aromatic heterocycles. The van der Waals surface area contributed by atoms with Gasteiger partial charge < -0.3 is 15.0 Å². The molecule has 0 saturated heterocycles. The number of halogens is 2. The Labute approximate surface area is 155 Å². The van der Waals surface area contributed by atoms with Crippen LogP contribution in [0.4, 0.5) is 4.39 Å². The van der Waals surface area contributed by atoms with E-state index in [0.29, 0.717) is 22.1 Å². The van der Waals surface area contributed by atoms with Gasteiger partial charge in [-0.2, -0.15) is 0 Å². The third-order valence-corrected chi connectivity index (χ3v) is 4.40. The van der Waals surface area contributed by atoms with Crippen molar-refractivity contribution >= 4 is 11.6 Å². The summed E-state index contributed by atoms with van der Waals surface area (Å²) in [6, 6.07) is 17.4. The zero-order valence-electron chi connectivity index (χ0n) is 13.7. The first-order valence-electron chi connectivity index (χ1n) is 8.11. The fourth-order valence-electron chi connectivity index (χ4n) is 2.92. The van der Waals surface area contributed by atoms with Crippen LogP contribution in [-0.2, 0) is 11.4 Å². The molecule has 1 aliphatic heterocycles. The van der Waals surface area contributed by atoms with E-state index in [4.69, 9.17) is 26.6 Å². The third-order valence-electron chi connectivity index (χ3n) is 4.17. The van der Waals surface area contributed by atoms with Crippen molar-refractivity contribution in [2.24, 2.45) is 5.73 Å². The highest BCUT2D eigenvalue weighted by atomic mass is 35.5. The SMILES string of the molecule is NC1=CC(c2ccc(-c3cccc(Cl)c3)o2)N(Cc2ccccc2F)O1. The van der Waals surface area contributed by atoms with E-state index >= 15 is 0 Å². The summed E-state index contributed by atoms with van der Waals surface area (Å²) in [7, 11) is 0. The van der Waals surface area contributed by atoms with Crippen molar-refractivity contribution in [3.05, 3.63) is 94.8 Å². The standard InChI is InChI=1S/C20H16ClFN2O2/c21-15-6-3-5-13(10-15)18-8-9-19(25-18)17-11-20(23)26-24(17)12-14-4-1-2-7-16(14)22/h1-11,17H,12,23H2. The monoisotopic (exact) mass is 370 g/mol. The number of hydrogen-bond donors (Lipinski definition) is 1. The Balaban J connectivity index is 1.60. The maximum absolute atomic E-state index is 14.0. The van der Waals surface area contributed by atoms with E-state index in [9.17, 15) is 4.39 Å². The number of hydrogen-bond acceptors (Lipinski definition) is 4. The van der Waals surface area contributed by atoms with Gasteiger partial charge in [-0.3, -0.25) is 0 Å². The summed E-state index contributed by atoms with van der Waals surface area (Å²) in [4.78, 5) is 5.55. The van der Waals surface area contributed by atoms with E-state index in [1.54, 1.807) is 35.4 Å². The molecule has 1 aliphatic rings. The smallest absolute Gasteiger partial charge is 0.207 e. The molecule has 0 spiro atoms. The molecule has 0 radical (unpaired) electrons. The van der Waals surface area contributed by atoms with Crippen LogP contribution in [0.5, 0.6) is 0 Å². The average molecular weight is 371 g/mol. The second-order valence-electron chi connectivity index (χ2n) is 5.98. The van der Waals surface area contributed by atoms with Crippen molar-refractivity contribution in [2.45, 2.75) is 12.6 Å². The molecule has 4 nitrogen and oxygen atoms in total. The Morgan fingerprint density at radius 3 is 2.73 bits per heavy atom. The largest absolute Gasteiger partial charge is 0.459 e. The Bertz CT molecular complexity index is 970. The Kier molecular flexibility index (Phi) is 4.41. The van der Waals surface area contributed by atoms with E-state index in [0.717, 1.165) is 5.56 Å². The second kappa shape index (κ2) is 6.86. The predicted molar refractivity (Wildman–Crippen MR) is 97.2 cm³/mol. The summed E-state index contributed by atoms with van der Waals surface area (Å²) >= 11 is 6.04. The zero-order valence-corrected chi connectivity index (χ0v) is 14.5. The molecule has 0 bridgehead atoms. The number of hydroxylamine groups is 2. The van der Waals surface area contributed by atoms with Crippen LogP contribution >= 0.6 is 11.6 Å². The molecular weight excluding hydrogens is 355 g/mol. The Hall–Kier alpha value is -2.76. The van der Waals surface area contributed by atoms with E-state index in [2.05, 4.69) is 0 Å². The molecule has 2 heterocycles. The van der Waals surface area contributed by atoms with Gasteiger partial charge in [-0.25, -0.2) is 4.39 Å². The summed E-state index contributed by atoms with van der Waals surface area (Å²) in [5.74, 6) is 1.30. The van der Waals surface area contributed by atoms with Gasteiger partial charge in [0, 0.05) is 22.2 Å². The highest BCUT2D eigenvalue weighted by Crippen LogP contribution is 2.35. The first kappa shape index (κ1) is 16.7. The van der Waals surface area contributed by atoms with E-state index in [-0.39, 0.29) is 24.3 Å². The van der Waals surface area contributed by atoms with Crippen molar-refractivity contribution in [3.63, 3.8) is 0 Å². The highest BCUT2D eigenvalue weighted by molar-refractivity contribution is 6.30. The number of rotatable bonds is 4. The lowest BCUT2D eigenvalue weighted by molar-refractivity contribution is -0.131. The van der Waals surface area contributed by atoms with Gasteiger partial charge in [-0.05, 0) is 30.3 Å². The fraction of sp³-hybridized carbons (Fsp3) is 0.100. The molecule has 0 saturated carbocycles. The normalized spacial score (nSPS) is 17.2. The Morgan fingerprint density at radius 2 is 1.92 bits per heavy atom. The van der Waals surface area contributed by atoms with Crippen LogP contribution in [0.15, 0.2) is 77.0 Å². The average Bonchev–Trinajstić information content (AvgIpc) is 3.24. The number of benzene rings is 2. The minimum atomic E-state index is -0.345. The van der Waals surface area contributed by atoms with E-state index < -0.39 is 0 Å². The molecule has 2 N–H and O–H groups in total. The number of nitrogens with zero attached hydrogens (tertiary/aromatic N) is 1. The molecule has 2 aromatic carbocycles. The van der Waals surface area contributed by atoms with Gasteiger partial charge in [0.15, 0.2) is 0 Å². The minimum Gasteiger partial charge on any atom is -0.459 e. The van der Waals surface area contributed by atoms with Gasteiger partial charge in [-0.15, -0.1) is 5.06 Å². The zero-order chi connectivity index (χ0) is 18.1. The molecule has 0 fully saturated rings. The van der Waals surface area contributed by atoms with Crippen LogP contribution in [0.1, 0.15) is 17.4 Å². The number of furan rings is 1. The molecule has 132 valence electrons. The van der Waals surface area contributed by atoms with Crippen LogP contribution in [0.25, 0.3) is 11.3 Å².